The first-order valence-corrected chi connectivity index (χ1v) is 11.6. The summed E-state index contributed by atoms with van der Waals surface area (Å²) in [5.41, 5.74) is 1.52. The van der Waals surface area contributed by atoms with Gasteiger partial charge in [-0.25, -0.2) is 13.2 Å². The van der Waals surface area contributed by atoms with Crippen LogP contribution >= 0.6 is 15.9 Å². The van der Waals surface area contributed by atoms with Gasteiger partial charge in [-0.3, -0.25) is 4.79 Å². The zero-order valence-electron chi connectivity index (χ0n) is 15.9. The van der Waals surface area contributed by atoms with Gasteiger partial charge in [-0.2, -0.15) is 0 Å². The van der Waals surface area contributed by atoms with E-state index in [2.05, 4.69) is 15.9 Å². The summed E-state index contributed by atoms with van der Waals surface area (Å²) in [6.07, 6.45) is -0.710. The minimum absolute atomic E-state index is 0.415. The number of fused-ring (bicyclic) bond motifs is 1. The maximum absolute atomic E-state index is 13.3. The molecule has 4 rings (SSSR count). The molecule has 0 spiro atoms. The van der Waals surface area contributed by atoms with Gasteiger partial charge in [-0.1, -0.05) is 76.6 Å². The van der Waals surface area contributed by atoms with Crippen molar-refractivity contribution in [1.82, 2.24) is 4.90 Å². The summed E-state index contributed by atoms with van der Waals surface area (Å²) >= 11 is 3.14. The number of rotatable bonds is 4. The third-order valence-corrected chi connectivity index (χ3v) is 9.73. The van der Waals surface area contributed by atoms with Crippen molar-refractivity contribution in [2.24, 2.45) is 0 Å². The minimum Gasteiger partial charge on any atom is -0.451 e. The van der Waals surface area contributed by atoms with Crippen molar-refractivity contribution in [1.29, 1.82) is 0 Å². The number of benzene rings is 2. The van der Waals surface area contributed by atoms with Gasteiger partial charge in [0, 0.05) is 0 Å². The lowest BCUT2D eigenvalue weighted by Gasteiger charge is -2.40. The lowest BCUT2D eigenvalue weighted by Crippen LogP contribution is -2.64. The molecule has 0 unspecified atom stereocenters. The van der Waals surface area contributed by atoms with Gasteiger partial charge in [-0.15, -0.1) is 0 Å². The molecule has 2 aromatic carbocycles. The van der Waals surface area contributed by atoms with E-state index in [1.54, 1.807) is 0 Å². The van der Waals surface area contributed by atoms with E-state index in [-0.39, 0.29) is 0 Å². The predicted molar refractivity (Wildman–Crippen MR) is 111 cm³/mol. The molecule has 0 aromatic heterocycles. The van der Waals surface area contributed by atoms with E-state index in [4.69, 9.17) is 4.74 Å². The van der Waals surface area contributed by atoms with Gasteiger partial charge in [0.25, 0.3) is 0 Å². The normalized spacial score (nSPS) is 26.7. The number of halogens is 1. The second-order valence-electron chi connectivity index (χ2n) is 7.73. The Balaban J connectivity index is 1.71. The molecule has 0 radical (unpaired) electrons. The number of hydrogen-bond acceptors (Lipinski definition) is 5. The quantitative estimate of drug-likeness (QED) is 0.384. The van der Waals surface area contributed by atoms with E-state index in [1.807, 2.05) is 60.7 Å². The Bertz CT molecular complexity index is 1020. The maximum Gasteiger partial charge on any atom is 0.331 e. The number of sulfone groups is 1. The van der Waals surface area contributed by atoms with Crippen LogP contribution in [0.4, 0.5) is 0 Å². The Morgan fingerprint density at radius 3 is 2.00 bits per heavy atom. The van der Waals surface area contributed by atoms with Crippen LogP contribution in [0, 0.1) is 0 Å². The number of β-lactam (4-membered cyclic amide) rings is 1. The molecule has 2 aliphatic heterocycles. The fourth-order valence-electron chi connectivity index (χ4n) is 3.99. The van der Waals surface area contributed by atoms with Crippen LogP contribution in [-0.2, 0) is 24.2 Å². The third-order valence-electron chi connectivity index (χ3n) is 5.66. The first-order valence-electron chi connectivity index (χ1n) is 9.18. The molecule has 2 saturated heterocycles. The largest absolute Gasteiger partial charge is 0.451 e. The topological polar surface area (TPSA) is 80.8 Å². The van der Waals surface area contributed by atoms with Gasteiger partial charge in [0.1, 0.15) is 15.6 Å². The van der Waals surface area contributed by atoms with E-state index in [0.29, 0.717) is 0 Å². The highest BCUT2D eigenvalue weighted by atomic mass is 79.9. The molecule has 0 aliphatic carbocycles. The highest BCUT2D eigenvalue weighted by molar-refractivity contribution is 9.10. The second kappa shape index (κ2) is 6.95. The Labute approximate surface area is 177 Å². The molecular formula is C21H20BrNO5S. The number of ether oxygens (including phenoxy) is 1. The molecule has 2 aromatic rings. The van der Waals surface area contributed by atoms with Gasteiger partial charge in [0.15, 0.2) is 21.3 Å². The summed E-state index contributed by atoms with van der Waals surface area (Å²) < 4.78 is 30.3. The lowest BCUT2D eigenvalue weighted by atomic mass is 9.97. The fraction of sp³-hybridized carbons (Fsp3) is 0.333. The maximum atomic E-state index is 13.3. The van der Waals surface area contributed by atoms with Crippen molar-refractivity contribution in [3.8, 4) is 0 Å². The standard InChI is InChI=1S/C21H20BrNO5S/c1-21(2)17(23-18(24)15(22)19(23)29(21,26)27)20(25)28-16(13-9-5-3-6-10-13)14-11-7-4-8-12-14/h3-12,15-17,19H,1-2H3/t15-,17-,19+/m0/s1. The summed E-state index contributed by atoms with van der Waals surface area (Å²) in [5, 5.41) is -1.05. The molecule has 8 heteroatoms. The summed E-state index contributed by atoms with van der Waals surface area (Å²) in [4.78, 5) is 25.9. The number of alkyl halides is 1. The second-order valence-corrected chi connectivity index (χ2v) is 11.3. The molecule has 0 N–H and O–H groups in total. The SMILES string of the molecule is CC1(C)[C@H](C(=O)OC(c2ccccc2)c2ccccc2)N2C(=O)[C@H](Br)[C@H]2S1(=O)=O. The van der Waals surface area contributed by atoms with Gasteiger partial charge in [0.05, 0.1) is 0 Å². The minimum atomic E-state index is -3.75. The number of hydrogen-bond donors (Lipinski definition) is 0. The predicted octanol–water partition coefficient (Wildman–Crippen LogP) is 2.83. The monoisotopic (exact) mass is 477 g/mol. The molecule has 1 amide bonds. The van der Waals surface area contributed by atoms with E-state index in [0.717, 1.165) is 16.0 Å². The van der Waals surface area contributed by atoms with E-state index < -0.39 is 48.8 Å². The Hall–Kier alpha value is -2.19. The molecule has 152 valence electrons. The van der Waals surface area contributed by atoms with Crippen molar-refractivity contribution in [3.63, 3.8) is 0 Å². The molecule has 2 fully saturated rings. The van der Waals surface area contributed by atoms with E-state index in [9.17, 15) is 18.0 Å². The Morgan fingerprint density at radius 1 is 1.03 bits per heavy atom. The van der Waals surface area contributed by atoms with Crippen LogP contribution in [0.25, 0.3) is 0 Å². The van der Waals surface area contributed by atoms with Crippen molar-refractivity contribution < 1.29 is 22.7 Å². The fourth-order valence-corrected chi connectivity index (χ4v) is 7.44. The number of esters is 1. The van der Waals surface area contributed by atoms with Gasteiger partial charge >= 0.3 is 5.97 Å². The van der Waals surface area contributed by atoms with Gasteiger partial charge in [-0.05, 0) is 25.0 Å². The first-order chi connectivity index (χ1) is 13.7. The van der Waals surface area contributed by atoms with Crippen molar-refractivity contribution >= 4 is 37.6 Å². The van der Waals surface area contributed by atoms with Crippen LogP contribution in [0.15, 0.2) is 60.7 Å². The smallest absolute Gasteiger partial charge is 0.331 e. The number of carbonyl (C=O) groups excluding carboxylic acids is 2. The molecule has 3 atom stereocenters. The van der Waals surface area contributed by atoms with Crippen LogP contribution in [0.5, 0.6) is 0 Å². The lowest BCUT2D eigenvalue weighted by molar-refractivity contribution is -0.163. The zero-order chi connectivity index (χ0) is 21.0. The highest BCUT2D eigenvalue weighted by Gasteiger charge is 2.72. The average Bonchev–Trinajstić information content (AvgIpc) is 2.87. The van der Waals surface area contributed by atoms with Crippen molar-refractivity contribution in [3.05, 3.63) is 71.8 Å². The number of nitrogens with zero attached hydrogens (tertiary/aromatic N) is 1. The van der Waals surface area contributed by atoms with Gasteiger partial charge < -0.3 is 9.64 Å². The molecule has 0 saturated carbocycles. The summed E-state index contributed by atoms with van der Waals surface area (Å²) in [5.74, 6) is -1.14. The van der Waals surface area contributed by atoms with Crippen LogP contribution in [0.2, 0.25) is 0 Å². The van der Waals surface area contributed by atoms with Crippen LogP contribution in [0.1, 0.15) is 31.1 Å². The Kier molecular flexibility index (Phi) is 4.82. The Morgan fingerprint density at radius 2 is 1.52 bits per heavy atom. The molecule has 6 nitrogen and oxygen atoms in total. The molecule has 0 bridgehead atoms. The number of amides is 1. The highest BCUT2D eigenvalue weighted by Crippen LogP contribution is 2.48. The zero-order valence-corrected chi connectivity index (χ0v) is 18.3. The molecular weight excluding hydrogens is 458 g/mol. The summed E-state index contributed by atoms with van der Waals surface area (Å²) in [6, 6.07) is 17.2. The molecule has 29 heavy (non-hydrogen) atoms. The third kappa shape index (κ3) is 2.92. The van der Waals surface area contributed by atoms with E-state index >= 15 is 0 Å². The van der Waals surface area contributed by atoms with Crippen molar-refractivity contribution in [2.75, 3.05) is 0 Å². The average molecular weight is 478 g/mol. The van der Waals surface area contributed by atoms with Crippen LogP contribution < -0.4 is 0 Å². The first kappa shape index (κ1) is 20.1. The van der Waals surface area contributed by atoms with Gasteiger partial charge in [0.2, 0.25) is 5.91 Å². The summed E-state index contributed by atoms with van der Waals surface area (Å²) in [6.45, 7) is 2.94. The van der Waals surface area contributed by atoms with E-state index in [1.165, 1.54) is 13.8 Å². The molecule has 2 aliphatic rings. The van der Waals surface area contributed by atoms with Crippen LogP contribution in [-0.4, -0.2) is 46.2 Å². The van der Waals surface area contributed by atoms with Crippen molar-refractivity contribution in [2.45, 2.75) is 40.9 Å². The van der Waals surface area contributed by atoms with Crippen LogP contribution in [0.3, 0.4) is 0 Å². The number of carbonyl (C=O) groups is 2. The molecule has 2 heterocycles. The summed E-state index contributed by atoms with van der Waals surface area (Å²) in [7, 11) is -3.75.